The van der Waals surface area contributed by atoms with Crippen LogP contribution in [0.1, 0.15) is 59.0 Å². The lowest BCUT2D eigenvalue weighted by Crippen LogP contribution is -2.42. The van der Waals surface area contributed by atoms with Gasteiger partial charge in [-0.15, -0.1) is 0 Å². The molecule has 0 bridgehead atoms. The highest BCUT2D eigenvalue weighted by molar-refractivity contribution is 5.95. The van der Waals surface area contributed by atoms with Gasteiger partial charge in [0.05, 0.1) is 18.4 Å². The van der Waals surface area contributed by atoms with Crippen molar-refractivity contribution in [3.05, 3.63) is 63.5 Å². The maximum absolute atomic E-state index is 13.0. The summed E-state index contributed by atoms with van der Waals surface area (Å²) in [7, 11) is 0. The van der Waals surface area contributed by atoms with Crippen molar-refractivity contribution in [1.82, 2.24) is 15.2 Å². The molecule has 2 aromatic rings. The first-order chi connectivity index (χ1) is 14.6. The number of pyridine rings is 1. The maximum Gasteiger partial charge on any atom is 0.349 e. The Bertz CT molecular complexity index is 914. The van der Waals surface area contributed by atoms with Gasteiger partial charge in [0.1, 0.15) is 11.3 Å². The molecular weight excluding hydrogens is 382 g/mol. The molecule has 0 aromatic carbocycles. The van der Waals surface area contributed by atoms with Crippen molar-refractivity contribution >= 4 is 5.91 Å². The van der Waals surface area contributed by atoms with Crippen LogP contribution < -0.4 is 10.9 Å². The van der Waals surface area contributed by atoms with E-state index in [0.29, 0.717) is 31.0 Å². The minimum Gasteiger partial charge on any atom is -0.427 e. The van der Waals surface area contributed by atoms with Gasteiger partial charge in [0, 0.05) is 31.7 Å². The lowest BCUT2D eigenvalue weighted by molar-refractivity contribution is -0.00171. The van der Waals surface area contributed by atoms with E-state index in [-0.39, 0.29) is 23.5 Å². The minimum absolute atomic E-state index is 0.0924. The monoisotopic (exact) mass is 411 g/mol. The lowest BCUT2D eigenvalue weighted by atomic mass is 9.95. The van der Waals surface area contributed by atoms with Crippen LogP contribution in [0.5, 0.6) is 0 Å². The van der Waals surface area contributed by atoms with E-state index in [9.17, 15) is 9.59 Å². The van der Waals surface area contributed by atoms with Gasteiger partial charge in [0.15, 0.2) is 0 Å². The molecule has 4 rings (SSSR count). The number of piperidine rings is 2. The maximum atomic E-state index is 13.0. The Balaban J connectivity index is 1.36. The SMILES string of the molecule is Cc1cc(C2CCCNC2)oc(=O)c1C(=O)N1CCC(OCc2ccccn2)CC1. The van der Waals surface area contributed by atoms with Crippen LogP contribution in [0, 0.1) is 6.92 Å². The Labute approximate surface area is 176 Å². The third-order valence-electron chi connectivity index (χ3n) is 6.00. The Kier molecular flexibility index (Phi) is 6.59. The average Bonchev–Trinajstić information content (AvgIpc) is 2.79. The molecule has 1 unspecified atom stereocenters. The van der Waals surface area contributed by atoms with E-state index >= 15 is 0 Å². The molecule has 30 heavy (non-hydrogen) atoms. The van der Waals surface area contributed by atoms with E-state index in [4.69, 9.17) is 9.15 Å². The number of hydrogen-bond donors (Lipinski definition) is 1. The third kappa shape index (κ3) is 4.79. The summed E-state index contributed by atoms with van der Waals surface area (Å²) in [5.74, 6) is 0.641. The second-order valence-corrected chi connectivity index (χ2v) is 8.16. The standard InChI is InChI=1S/C23H29N3O4/c1-16-13-20(17-5-4-9-24-14-17)30-23(28)21(16)22(27)26-11-7-19(8-12-26)29-15-18-6-2-3-10-25-18/h2-3,6,10,13,17,19,24H,4-5,7-9,11-12,14-15H2,1H3. The van der Waals surface area contributed by atoms with Crippen LogP contribution in [0.3, 0.4) is 0 Å². The molecule has 0 radical (unpaired) electrons. The van der Waals surface area contributed by atoms with Gasteiger partial charge in [-0.25, -0.2) is 4.79 Å². The summed E-state index contributed by atoms with van der Waals surface area (Å²) in [6.07, 6.45) is 5.39. The second kappa shape index (κ2) is 9.53. The molecule has 7 nitrogen and oxygen atoms in total. The molecule has 1 amide bonds. The van der Waals surface area contributed by atoms with Crippen LogP contribution in [0.2, 0.25) is 0 Å². The Morgan fingerprint density at radius 2 is 2.13 bits per heavy atom. The van der Waals surface area contributed by atoms with Crippen LogP contribution in [0.25, 0.3) is 0 Å². The summed E-state index contributed by atoms with van der Waals surface area (Å²) in [5, 5.41) is 3.33. The average molecular weight is 412 g/mol. The van der Waals surface area contributed by atoms with E-state index in [0.717, 1.165) is 44.5 Å². The van der Waals surface area contributed by atoms with Gasteiger partial charge in [-0.3, -0.25) is 9.78 Å². The van der Waals surface area contributed by atoms with Crippen molar-refractivity contribution in [3.63, 3.8) is 0 Å². The van der Waals surface area contributed by atoms with Crippen LogP contribution >= 0.6 is 0 Å². The van der Waals surface area contributed by atoms with E-state index in [2.05, 4.69) is 10.3 Å². The highest BCUT2D eigenvalue weighted by Crippen LogP contribution is 2.24. The van der Waals surface area contributed by atoms with Crippen LogP contribution in [0.15, 0.2) is 39.7 Å². The number of amides is 1. The largest absolute Gasteiger partial charge is 0.427 e. The fourth-order valence-corrected chi connectivity index (χ4v) is 4.26. The van der Waals surface area contributed by atoms with Crippen molar-refractivity contribution in [2.75, 3.05) is 26.2 Å². The molecule has 2 saturated heterocycles. The van der Waals surface area contributed by atoms with Crippen LogP contribution in [-0.4, -0.2) is 48.1 Å². The van der Waals surface area contributed by atoms with E-state index in [1.807, 2.05) is 31.2 Å². The predicted octanol–water partition coefficient (Wildman–Crippen LogP) is 2.63. The summed E-state index contributed by atoms with van der Waals surface area (Å²) < 4.78 is 11.5. The van der Waals surface area contributed by atoms with Gasteiger partial charge in [-0.05, 0) is 62.9 Å². The van der Waals surface area contributed by atoms with E-state index in [1.54, 1.807) is 11.1 Å². The molecule has 1 N–H and O–H groups in total. The zero-order valence-electron chi connectivity index (χ0n) is 17.4. The Morgan fingerprint density at radius 1 is 1.30 bits per heavy atom. The molecule has 2 aliphatic heterocycles. The number of hydrogen-bond acceptors (Lipinski definition) is 6. The van der Waals surface area contributed by atoms with Gasteiger partial charge in [-0.1, -0.05) is 6.07 Å². The van der Waals surface area contributed by atoms with Crippen molar-refractivity contribution in [3.8, 4) is 0 Å². The predicted molar refractivity (Wildman–Crippen MR) is 113 cm³/mol. The molecule has 1 atom stereocenters. The first kappa shape index (κ1) is 20.8. The molecule has 7 heteroatoms. The number of carbonyl (C=O) groups excluding carboxylic acids is 1. The number of aromatic nitrogens is 1. The number of nitrogens with zero attached hydrogens (tertiary/aromatic N) is 2. The smallest absolute Gasteiger partial charge is 0.349 e. The second-order valence-electron chi connectivity index (χ2n) is 8.16. The molecular formula is C23H29N3O4. The van der Waals surface area contributed by atoms with Gasteiger partial charge in [-0.2, -0.15) is 0 Å². The third-order valence-corrected chi connectivity index (χ3v) is 6.00. The van der Waals surface area contributed by atoms with Crippen molar-refractivity contribution in [2.45, 2.75) is 51.2 Å². The summed E-state index contributed by atoms with van der Waals surface area (Å²) in [4.78, 5) is 31.7. The molecule has 4 heterocycles. The van der Waals surface area contributed by atoms with Crippen molar-refractivity contribution in [1.29, 1.82) is 0 Å². The number of rotatable bonds is 5. The summed E-state index contributed by atoms with van der Waals surface area (Å²) >= 11 is 0. The number of carbonyl (C=O) groups is 1. The molecule has 160 valence electrons. The molecule has 2 fully saturated rings. The number of nitrogens with one attached hydrogen (secondary N) is 1. The first-order valence-corrected chi connectivity index (χ1v) is 10.8. The summed E-state index contributed by atoms with van der Waals surface area (Å²) in [6.45, 7) is 5.24. The minimum atomic E-state index is -0.519. The van der Waals surface area contributed by atoms with Crippen molar-refractivity contribution in [2.24, 2.45) is 0 Å². The quantitative estimate of drug-likeness (QED) is 0.814. The van der Waals surface area contributed by atoms with Gasteiger partial charge >= 0.3 is 5.63 Å². The van der Waals surface area contributed by atoms with Crippen LogP contribution in [0.4, 0.5) is 0 Å². The fraction of sp³-hybridized carbons (Fsp3) is 0.522. The number of likely N-dealkylation sites (tertiary alicyclic amines) is 1. The Morgan fingerprint density at radius 3 is 2.80 bits per heavy atom. The van der Waals surface area contributed by atoms with Gasteiger partial charge < -0.3 is 19.4 Å². The summed E-state index contributed by atoms with van der Waals surface area (Å²) in [6, 6.07) is 7.63. The zero-order chi connectivity index (χ0) is 20.9. The Hall–Kier alpha value is -2.51. The summed E-state index contributed by atoms with van der Waals surface area (Å²) in [5.41, 5.74) is 1.24. The fourth-order valence-electron chi connectivity index (χ4n) is 4.26. The van der Waals surface area contributed by atoms with Gasteiger partial charge in [0.25, 0.3) is 5.91 Å². The highest BCUT2D eigenvalue weighted by Gasteiger charge is 2.28. The molecule has 2 aliphatic rings. The van der Waals surface area contributed by atoms with Gasteiger partial charge in [0.2, 0.25) is 0 Å². The lowest BCUT2D eigenvalue weighted by Gasteiger charge is -2.32. The van der Waals surface area contributed by atoms with Crippen molar-refractivity contribution < 1.29 is 13.9 Å². The normalized spacial score (nSPS) is 20.3. The van der Waals surface area contributed by atoms with Crippen LogP contribution in [-0.2, 0) is 11.3 Å². The topological polar surface area (TPSA) is 84.7 Å². The molecule has 0 spiro atoms. The molecule has 2 aromatic heterocycles. The van der Waals surface area contributed by atoms with E-state index < -0.39 is 5.63 Å². The molecule has 0 aliphatic carbocycles. The number of aryl methyl sites for hydroxylation is 1. The zero-order valence-corrected chi connectivity index (χ0v) is 17.4. The highest BCUT2D eigenvalue weighted by atomic mass is 16.5. The number of ether oxygens (including phenoxy) is 1. The van der Waals surface area contributed by atoms with E-state index in [1.165, 1.54) is 0 Å². The first-order valence-electron chi connectivity index (χ1n) is 10.8. The molecule has 0 saturated carbocycles.